The molecule has 3 aliphatic rings. The standard InChI is InChI=1S/C22H28N4O2/c27-20(25-12-8-22(9-13-25)7-10-23-15-22)16-5-6-17-18(14-16)24-19-4-2-1-3-11-26(19)21(17)28/h5-6,14,23H,1-4,7-13,15H2. The van der Waals surface area contributed by atoms with Gasteiger partial charge in [0.15, 0.2) is 0 Å². The van der Waals surface area contributed by atoms with Crippen LogP contribution in [-0.2, 0) is 13.0 Å². The van der Waals surface area contributed by atoms with Crippen LogP contribution in [-0.4, -0.2) is 46.5 Å². The van der Waals surface area contributed by atoms with E-state index in [4.69, 9.17) is 4.98 Å². The zero-order valence-electron chi connectivity index (χ0n) is 16.4. The van der Waals surface area contributed by atoms with Gasteiger partial charge in [-0.05, 0) is 62.3 Å². The van der Waals surface area contributed by atoms with Gasteiger partial charge in [-0.25, -0.2) is 4.98 Å². The van der Waals surface area contributed by atoms with Crippen molar-refractivity contribution in [3.8, 4) is 0 Å². The lowest BCUT2D eigenvalue weighted by Crippen LogP contribution is -2.44. The number of carbonyl (C=O) groups is 1. The van der Waals surface area contributed by atoms with E-state index in [1.807, 2.05) is 15.5 Å². The van der Waals surface area contributed by atoms with Crippen molar-refractivity contribution in [3.63, 3.8) is 0 Å². The number of benzene rings is 1. The minimum Gasteiger partial charge on any atom is -0.339 e. The molecule has 4 heterocycles. The molecule has 5 rings (SSSR count). The average molecular weight is 380 g/mol. The average Bonchev–Trinajstić information content (AvgIpc) is 3.03. The lowest BCUT2D eigenvalue weighted by Gasteiger charge is -2.38. The molecule has 1 spiro atoms. The molecule has 1 aromatic heterocycles. The molecule has 2 fully saturated rings. The van der Waals surface area contributed by atoms with Crippen molar-refractivity contribution in [2.75, 3.05) is 26.2 Å². The summed E-state index contributed by atoms with van der Waals surface area (Å²) in [5.41, 5.74) is 1.75. The van der Waals surface area contributed by atoms with Crippen molar-refractivity contribution in [2.24, 2.45) is 5.41 Å². The minimum atomic E-state index is 0.0366. The van der Waals surface area contributed by atoms with Crippen LogP contribution in [0.2, 0.25) is 0 Å². The first kappa shape index (κ1) is 17.9. The van der Waals surface area contributed by atoms with Crippen LogP contribution in [0.4, 0.5) is 0 Å². The smallest absolute Gasteiger partial charge is 0.261 e. The van der Waals surface area contributed by atoms with Gasteiger partial charge in [0.2, 0.25) is 0 Å². The van der Waals surface area contributed by atoms with Gasteiger partial charge in [0, 0.05) is 38.2 Å². The summed E-state index contributed by atoms with van der Waals surface area (Å²) in [6, 6.07) is 5.42. The molecule has 0 atom stereocenters. The summed E-state index contributed by atoms with van der Waals surface area (Å²) in [4.78, 5) is 32.7. The molecule has 148 valence electrons. The normalized spacial score (nSPS) is 21.6. The molecule has 0 aliphatic carbocycles. The Morgan fingerprint density at radius 1 is 1.07 bits per heavy atom. The van der Waals surface area contributed by atoms with E-state index in [0.29, 0.717) is 21.9 Å². The van der Waals surface area contributed by atoms with E-state index in [1.54, 1.807) is 12.1 Å². The third-order valence-electron chi connectivity index (χ3n) is 7.01. The maximum absolute atomic E-state index is 13.1. The highest BCUT2D eigenvalue weighted by atomic mass is 16.2. The van der Waals surface area contributed by atoms with Crippen LogP contribution in [0.25, 0.3) is 10.9 Å². The SMILES string of the molecule is O=C(c1ccc2c(=O)n3c(nc2c1)CCCCC3)N1CCC2(CCNC2)CC1. The molecule has 1 aromatic carbocycles. The van der Waals surface area contributed by atoms with E-state index in [0.717, 1.165) is 77.1 Å². The van der Waals surface area contributed by atoms with Gasteiger partial charge in [-0.2, -0.15) is 0 Å². The second kappa shape index (κ2) is 6.99. The van der Waals surface area contributed by atoms with Gasteiger partial charge in [0.05, 0.1) is 10.9 Å². The lowest BCUT2D eigenvalue weighted by atomic mass is 9.78. The Balaban J connectivity index is 1.42. The molecule has 0 radical (unpaired) electrons. The number of hydrogen-bond donors (Lipinski definition) is 1. The van der Waals surface area contributed by atoms with Crippen molar-refractivity contribution < 1.29 is 4.79 Å². The maximum Gasteiger partial charge on any atom is 0.261 e. The Bertz CT molecular complexity index is 964. The summed E-state index contributed by atoms with van der Waals surface area (Å²) in [6.07, 6.45) is 7.45. The van der Waals surface area contributed by atoms with Crippen LogP contribution in [0, 0.1) is 5.41 Å². The number of hydrogen-bond acceptors (Lipinski definition) is 4. The second-order valence-electron chi connectivity index (χ2n) is 8.75. The zero-order valence-corrected chi connectivity index (χ0v) is 16.4. The summed E-state index contributed by atoms with van der Waals surface area (Å²) in [5, 5.41) is 4.09. The third kappa shape index (κ3) is 3.04. The highest BCUT2D eigenvalue weighted by molar-refractivity contribution is 5.97. The van der Waals surface area contributed by atoms with Gasteiger partial charge >= 0.3 is 0 Å². The summed E-state index contributed by atoms with van der Waals surface area (Å²) in [7, 11) is 0. The first-order valence-corrected chi connectivity index (χ1v) is 10.7. The largest absolute Gasteiger partial charge is 0.339 e. The van der Waals surface area contributed by atoms with Crippen molar-refractivity contribution in [1.82, 2.24) is 19.8 Å². The first-order chi connectivity index (χ1) is 13.7. The number of aryl methyl sites for hydroxylation is 1. The topological polar surface area (TPSA) is 67.2 Å². The van der Waals surface area contributed by atoms with Crippen LogP contribution < -0.4 is 10.9 Å². The number of rotatable bonds is 1. The third-order valence-corrected chi connectivity index (χ3v) is 7.01. The molecule has 1 N–H and O–H groups in total. The Morgan fingerprint density at radius 2 is 1.93 bits per heavy atom. The monoisotopic (exact) mass is 380 g/mol. The minimum absolute atomic E-state index is 0.0366. The molecule has 3 aliphatic heterocycles. The molecule has 0 saturated carbocycles. The number of amides is 1. The van der Waals surface area contributed by atoms with Gasteiger partial charge in [-0.1, -0.05) is 6.42 Å². The molecule has 0 bridgehead atoms. The Morgan fingerprint density at radius 3 is 2.71 bits per heavy atom. The predicted octanol–water partition coefficient (Wildman–Crippen LogP) is 2.34. The number of piperidine rings is 1. The molecule has 2 aromatic rings. The number of carbonyl (C=O) groups excluding carboxylic acids is 1. The highest BCUT2D eigenvalue weighted by Gasteiger charge is 2.38. The van der Waals surface area contributed by atoms with Gasteiger partial charge < -0.3 is 10.2 Å². The fourth-order valence-corrected chi connectivity index (χ4v) is 5.14. The Labute approximate surface area is 164 Å². The van der Waals surface area contributed by atoms with Crippen LogP contribution in [0.3, 0.4) is 0 Å². The molecular weight excluding hydrogens is 352 g/mol. The van der Waals surface area contributed by atoms with Gasteiger partial charge in [-0.3, -0.25) is 14.2 Å². The Kier molecular flexibility index (Phi) is 4.46. The Hall–Kier alpha value is -2.21. The van der Waals surface area contributed by atoms with E-state index in [2.05, 4.69) is 5.32 Å². The van der Waals surface area contributed by atoms with E-state index >= 15 is 0 Å². The van der Waals surface area contributed by atoms with Crippen LogP contribution in [0.1, 0.15) is 54.7 Å². The molecule has 2 saturated heterocycles. The molecular formula is C22H28N4O2. The fourth-order valence-electron chi connectivity index (χ4n) is 5.14. The lowest BCUT2D eigenvalue weighted by molar-refractivity contribution is 0.0608. The van der Waals surface area contributed by atoms with E-state index in [-0.39, 0.29) is 11.5 Å². The molecule has 28 heavy (non-hydrogen) atoms. The van der Waals surface area contributed by atoms with Gasteiger partial charge in [-0.15, -0.1) is 0 Å². The summed E-state index contributed by atoms with van der Waals surface area (Å²) in [6.45, 7) is 4.58. The number of nitrogens with zero attached hydrogens (tertiary/aromatic N) is 3. The van der Waals surface area contributed by atoms with Crippen molar-refractivity contribution in [2.45, 2.75) is 51.5 Å². The quantitative estimate of drug-likeness (QED) is 0.825. The maximum atomic E-state index is 13.1. The van der Waals surface area contributed by atoms with Crippen LogP contribution in [0.5, 0.6) is 0 Å². The molecule has 1 amide bonds. The van der Waals surface area contributed by atoms with Gasteiger partial charge in [0.1, 0.15) is 5.82 Å². The van der Waals surface area contributed by atoms with E-state index < -0.39 is 0 Å². The van der Waals surface area contributed by atoms with Crippen molar-refractivity contribution in [1.29, 1.82) is 0 Å². The molecule has 6 nitrogen and oxygen atoms in total. The highest BCUT2D eigenvalue weighted by Crippen LogP contribution is 2.37. The zero-order chi connectivity index (χ0) is 19.1. The van der Waals surface area contributed by atoms with Crippen molar-refractivity contribution >= 4 is 16.8 Å². The summed E-state index contributed by atoms with van der Waals surface area (Å²) in [5.74, 6) is 0.938. The van der Waals surface area contributed by atoms with E-state index in [9.17, 15) is 9.59 Å². The van der Waals surface area contributed by atoms with Crippen molar-refractivity contribution in [3.05, 3.63) is 39.9 Å². The predicted molar refractivity (Wildman–Crippen MR) is 109 cm³/mol. The summed E-state index contributed by atoms with van der Waals surface area (Å²) < 4.78 is 1.83. The number of likely N-dealkylation sites (tertiary alicyclic amines) is 1. The van der Waals surface area contributed by atoms with Crippen LogP contribution >= 0.6 is 0 Å². The van der Waals surface area contributed by atoms with Crippen LogP contribution in [0.15, 0.2) is 23.0 Å². The van der Waals surface area contributed by atoms with Gasteiger partial charge in [0.25, 0.3) is 11.5 Å². The summed E-state index contributed by atoms with van der Waals surface area (Å²) >= 11 is 0. The van der Waals surface area contributed by atoms with E-state index in [1.165, 1.54) is 6.42 Å². The number of aromatic nitrogens is 2. The first-order valence-electron chi connectivity index (χ1n) is 10.7. The number of nitrogens with one attached hydrogen (secondary N) is 1. The fraction of sp³-hybridized carbons (Fsp3) is 0.591. The molecule has 6 heteroatoms. The molecule has 0 unspecified atom stereocenters. The number of fused-ring (bicyclic) bond motifs is 2. The second-order valence-corrected chi connectivity index (χ2v) is 8.75.